The first-order valence-corrected chi connectivity index (χ1v) is 13.6. The van der Waals surface area contributed by atoms with Gasteiger partial charge in [0, 0.05) is 6.42 Å². The summed E-state index contributed by atoms with van der Waals surface area (Å²) in [6, 6.07) is -1.49. The van der Waals surface area contributed by atoms with Gasteiger partial charge in [-0.25, -0.2) is 4.57 Å². The van der Waals surface area contributed by atoms with Crippen molar-refractivity contribution in [3.63, 3.8) is 0 Å². The number of ether oxygens (including phenoxy) is 1. The molecule has 196 valence electrons. The standard InChI is InChI=1S/C22H44NO9P/c1-2-3-4-5-6-7-8-9-10-11-12-13-14-15-21(25)32-19(16-24)17-30-33(28,29)31-18-20(23)22(26)27/h19-20,24H,2-18,23H2,1H3,(H,26,27)(H,28,29)/t19-,20+/m1/s1. The lowest BCUT2D eigenvalue weighted by molar-refractivity contribution is -0.153. The Morgan fingerprint density at radius 1 is 0.848 bits per heavy atom. The van der Waals surface area contributed by atoms with E-state index in [4.69, 9.17) is 15.6 Å². The predicted octanol–water partition coefficient (Wildman–Crippen LogP) is 3.92. The highest BCUT2D eigenvalue weighted by Crippen LogP contribution is 2.43. The highest BCUT2D eigenvalue weighted by Gasteiger charge is 2.27. The van der Waals surface area contributed by atoms with Crippen molar-refractivity contribution >= 4 is 19.8 Å². The Labute approximate surface area is 197 Å². The monoisotopic (exact) mass is 497 g/mol. The molecule has 0 amide bonds. The molecule has 0 bridgehead atoms. The fourth-order valence-corrected chi connectivity index (χ4v) is 3.89. The molecule has 0 aliphatic carbocycles. The van der Waals surface area contributed by atoms with Crippen molar-refractivity contribution in [2.24, 2.45) is 5.73 Å². The van der Waals surface area contributed by atoms with E-state index < -0.39 is 51.7 Å². The Morgan fingerprint density at radius 2 is 1.30 bits per heavy atom. The van der Waals surface area contributed by atoms with Gasteiger partial charge in [0.2, 0.25) is 0 Å². The number of aliphatic hydroxyl groups excluding tert-OH is 1. The van der Waals surface area contributed by atoms with E-state index in [-0.39, 0.29) is 6.42 Å². The molecular weight excluding hydrogens is 453 g/mol. The number of esters is 1. The van der Waals surface area contributed by atoms with Gasteiger partial charge in [0.25, 0.3) is 0 Å². The minimum atomic E-state index is -4.59. The first-order chi connectivity index (χ1) is 15.7. The number of carboxylic acids is 1. The number of carbonyl (C=O) groups is 2. The number of phosphoric acid groups is 1. The lowest BCUT2D eigenvalue weighted by atomic mass is 10.0. The van der Waals surface area contributed by atoms with Crippen LogP contribution in [-0.4, -0.2) is 59.0 Å². The molecule has 11 heteroatoms. The number of carboxylic acid groups (broad SMARTS) is 1. The van der Waals surface area contributed by atoms with Gasteiger partial charge in [0.05, 0.1) is 19.8 Å². The maximum Gasteiger partial charge on any atom is 0.472 e. The van der Waals surface area contributed by atoms with Crippen molar-refractivity contribution in [1.82, 2.24) is 0 Å². The zero-order valence-electron chi connectivity index (χ0n) is 20.0. The molecule has 1 unspecified atom stereocenters. The smallest absolute Gasteiger partial charge is 0.472 e. The Kier molecular flexibility index (Phi) is 19.7. The van der Waals surface area contributed by atoms with Crippen molar-refractivity contribution in [2.75, 3.05) is 19.8 Å². The molecule has 0 aliphatic rings. The molecular formula is C22H44NO9P. The SMILES string of the molecule is CCCCCCCCCCCCCCCC(=O)O[C@H](CO)COP(=O)(O)OC[C@H](N)C(=O)O. The van der Waals surface area contributed by atoms with Gasteiger partial charge in [-0.05, 0) is 6.42 Å². The van der Waals surface area contributed by atoms with Crippen LogP contribution in [0.25, 0.3) is 0 Å². The molecule has 0 fully saturated rings. The van der Waals surface area contributed by atoms with Crippen molar-refractivity contribution in [3.8, 4) is 0 Å². The second-order valence-corrected chi connectivity index (χ2v) is 9.75. The fourth-order valence-electron chi connectivity index (χ4n) is 3.12. The first kappa shape index (κ1) is 32.0. The molecule has 0 radical (unpaired) electrons. The summed E-state index contributed by atoms with van der Waals surface area (Å²) in [6.07, 6.45) is 14.6. The zero-order valence-corrected chi connectivity index (χ0v) is 20.9. The van der Waals surface area contributed by atoms with Gasteiger partial charge in [-0.15, -0.1) is 0 Å². The molecule has 0 spiro atoms. The van der Waals surface area contributed by atoms with Crippen LogP contribution in [-0.2, 0) is 27.9 Å². The summed E-state index contributed by atoms with van der Waals surface area (Å²) in [5.74, 6) is -1.92. The molecule has 3 atom stereocenters. The summed E-state index contributed by atoms with van der Waals surface area (Å²) >= 11 is 0. The minimum absolute atomic E-state index is 0.189. The summed E-state index contributed by atoms with van der Waals surface area (Å²) in [5.41, 5.74) is 5.17. The highest BCUT2D eigenvalue weighted by atomic mass is 31.2. The van der Waals surface area contributed by atoms with Crippen LogP contribution in [0.4, 0.5) is 0 Å². The largest absolute Gasteiger partial charge is 0.480 e. The normalized spacial score (nSPS) is 15.0. The lowest BCUT2D eigenvalue weighted by Crippen LogP contribution is -2.34. The number of phosphoric ester groups is 1. The van der Waals surface area contributed by atoms with Crippen molar-refractivity contribution in [2.45, 2.75) is 109 Å². The first-order valence-electron chi connectivity index (χ1n) is 12.1. The topological polar surface area (TPSA) is 166 Å². The molecule has 0 aromatic heterocycles. The van der Waals surface area contributed by atoms with Gasteiger partial charge in [0.15, 0.2) is 0 Å². The van der Waals surface area contributed by atoms with Gasteiger partial charge in [0.1, 0.15) is 12.1 Å². The van der Waals surface area contributed by atoms with Crippen molar-refractivity contribution < 1.29 is 43.0 Å². The molecule has 0 heterocycles. The number of aliphatic carboxylic acids is 1. The molecule has 5 N–H and O–H groups in total. The summed E-state index contributed by atoms with van der Waals surface area (Å²) in [4.78, 5) is 32.0. The van der Waals surface area contributed by atoms with E-state index in [1.807, 2.05) is 0 Å². The molecule has 0 saturated heterocycles. The van der Waals surface area contributed by atoms with Gasteiger partial charge in [-0.3, -0.25) is 18.6 Å². The van der Waals surface area contributed by atoms with Crippen LogP contribution < -0.4 is 5.73 Å². The Morgan fingerprint density at radius 3 is 1.76 bits per heavy atom. The van der Waals surface area contributed by atoms with Crippen LogP contribution in [0, 0.1) is 0 Å². The molecule has 33 heavy (non-hydrogen) atoms. The summed E-state index contributed by atoms with van der Waals surface area (Å²) < 4.78 is 25.8. The maximum absolute atomic E-state index is 11.9. The third-order valence-corrected chi connectivity index (χ3v) is 6.09. The van der Waals surface area contributed by atoms with Crippen LogP contribution in [0.3, 0.4) is 0 Å². The third kappa shape index (κ3) is 20.1. The Bertz CT molecular complexity index is 562. The van der Waals surface area contributed by atoms with E-state index in [9.17, 15) is 24.2 Å². The lowest BCUT2D eigenvalue weighted by Gasteiger charge is -2.18. The van der Waals surface area contributed by atoms with Gasteiger partial charge < -0.3 is 25.6 Å². The van der Waals surface area contributed by atoms with Crippen LogP contribution in [0.1, 0.15) is 96.8 Å². The maximum atomic E-state index is 11.9. The predicted molar refractivity (Wildman–Crippen MR) is 125 cm³/mol. The van der Waals surface area contributed by atoms with E-state index in [1.54, 1.807) is 0 Å². The van der Waals surface area contributed by atoms with Gasteiger partial charge in [-0.1, -0.05) is 84.0 Å². The zero-order chi connectivity index (χ0) is 25.0. The number of aliphatic hydroxyl groups is 1. The Hall–Kier alpha value is -1.03. The molecule has 0 saturated carbocycles. The molecule has 0 aromatic carbocycles. The second-order valence-electron chi connectivity index (χ2n) is 8.29. The summed E-state index contributed by atoms with van der Waals surface area (Å²) in [5, 5.41) is 17.9. The fraction of sp³-hybridized carbons (Fsp3) is 0.909. The molecule has 0 aromatic rings. The average molecular weight is 498 g/mol. The highest BCUT2D eigenvalue weighted by molar-refractivity contribution is 7.47. The minimum Gasteiger partial charge on any atom is -0.480 e. The average Bonchev–Trinajstić information content (AvgIpc) is 2.78. The van der Waals surface area contributed by atoms with E-state index in [0.717, 1.165) is 19.3 Å². The van der Waals surface area contributed by atoms with Crippen LogP contribution in [0.15, 0.2) is 0 Å². The van der Waals surface area contributed by atoms with E-state index in [1.165, 1.54) is 57.8 Å². The van der Waals surface area contributed by atoms with Crippen molar-refractivity contribution in [1.29, 1.82) is 0 Å². The number of hydrogen-bond acceptors (Lipinski definition) is 8. The third-order valence-electron chi connectivity index (χ3n) is 5.14. The molecule has 0 rings (SSSR count). The summed E-state index contributed by atoms with van der Waals surface area (Å²) in [7, 11) is -4.59. The second kappa shape index (κ2) is 20.4. The number of unbranched alkanes of at least 4 members (excludes halogenated alkanes) is 12. The van der Waals surface area contributed by atoms with Gasteiger partial charge >= 0.3 is 19.8 Å². The van der Waals surface area contributed by atoms with E-state index in [2.05, 4.69) is 16.0 Å². The van der Waals surface area contributed by atoms with E-state index in [0.29, 0.717) is 6.42 Å². The Balaban J connectivity index is 3.77. The van der Waals surface area contributed by atoms with E-state index >= 15 is 0 Å². The van der Waals surface area contributed by atoms with Crippen molar-refractivity contribution in [3.05, 3.63) is 0 Å². The molecule has 10 nitrogen and oxygen atoms in total. The van der Waals surface area contributed by atoms with Crippen LogP contribution in [0.2, 0.25) is 0 Å². The number of nitrogens with two attached hydrogens (primary N) is 1. The molecule has 0 aliphatic heterocycles. The van der Waals surface area contributed by atoms with Gasteiger partial charge in [-0.2, -0.15) is 0 Å². The number of rotatable bonds is 23. The quantitative estimate of drug-likeness (QED) is 0.0923. The van der Waals surface area contributed by atoms with Crippen LogP contribution >= 0.6 is 7.82 Å². The summed E-state index contributed by atoms with van der Waals surface area (Å²) in [6.45, 7) is 0.326. The van der Waals surface area contributed by atoms with Crippen LogP contribution in [0.5, 0.6) is 0 Å². The number of hydrogen-bond donors (Lipinski definition) is 4. The number of carbonyl (C=O) groups excluding carboxylic acids is 1.